The van der Waals surface area contributed by atoms with E-state index in [1.807, 2.05) is 0 Å². The topological polar surface area (TPSA) is 72.2 Å². The van der Waals surface area contributed by atoms with E-state index in [1.54, 1.807) is 23.1 Å². The first-order valence-electron chi connectivity index (χ1n) is 4.85. The Kier molecular flexibility index (Phi) is 2.30. The third kappa shape index (κ3) is 1.77. The summed E-state index contributed by atoms with van der Waals surface area (Å²) in [5, 5.41) is 13.0. The van der Waals surface area contributed by atoms with Crippen LogP contribution in [0.3, 0.4) is 0 Å². The summed E-state index contributed by atoms with van der Waals surface area (Å²) in [5.74, 6) is -0.827. The summed E-state index contributed by atoms with van der Waals surface area (Å²) in [5.41, 5.74) is -0.830. The van der Waals surface area contributed by atoms with Gasteiger partial charge in [0.15, 0.2) is 0 Å². The Balaban J connectivity index is 1.97. The van der Waals surface area contributed by atoms with Crippen molar-refractivity contribution in [1.82, 2.24) is 9.78 Å². The van der Waals surface area contributed by atoms with Gasteiger partial charge in [0, 0.05) is 31.8 Å². The molecule has 0 spiro atoms. The molecule has 1 aliphatic rings. The molecule has 0 atom stereocenters. The van der Waals surface area contributed by atoms with Crippen molar-refractivity contribution in [2.75, 3.05) is 0 Å². The van der Waals surface area contributed by atoms with Crippen LogP contribution in [0.2, 0.25) is 0 Å². The number of carbonyl (C=O) groups excluding carboxylic acids is 1. The lowest BCUT2D eigenvalue weighted by atomic mass is 9.66. The maximum Gasteiger partial charge on any atom is 0.310 e. The highest BCUT2D eigenvalue weighted by Crippen LogP contribution is 2.41. The second-order valence-electron chi connectivity index (χ2n) is 4.00. The van der Waals surface area contributed by atoms with Gasteiger partial charge in [0.1, 0.15) is 5.78 Å². The molecule has 1 saturated carbocycles. The molecule has 5 heteroatoms. The molecule has 1 N–H and O–H groups in total. The number of carboxylic acid groups (broad SMARTS) is 1. The Hall–Kier alpha value is -1.65. The molecule has 1 aromatic heterocycles. The van der Waals surface area contributed by atoms with Crippen LogP contribution >= 0.6 is 0 Å². The molecule has 1 aromatic rings. The monoisotopic (exact) mass is 208 g/mol. The zero-order valence-electron chi connectivity index (χ0n) is 8.22. The highest BCUT2D eigenvalue weighted by molar-refractivity contribution is 5.96. The SMILES string of the molecule is O=C1CC(CCn2cccn2)(C(=O)O)C1. The number of carboxylic acids is 1. The first kappa shape index (κ1) is 9.89. The second-order valence-corrected chi connectivity index (χ2v) is 4.00. The number of carbonyl (C=O) groups is 2. The maximum atomic E-state index is 11.0. The Morgan fingerprint density at radius 1 is 1.60 bits per heavy atom. The van der Waals surface area contributed by atoms with Gasteiger partial charge in [0.2, 0.25) is 0 Å². The van der Waals surface area contributed by atoms with Crippen LogP contribution < -0.4 is 0 Å². The average molecular weight is 208 g/mol. The van der Waals surface area contributed by atoms with E-state index in [1.165, 1.54) is 0 Å². The van der Waals surface area contributed by atoms with Gasteiger partial charge in [-0.2, -0.15) is 5.10 Å². The van der Waals surface area contributed by atoms with E-state index in [0.29, 0.717) is 13.0 Å². The van der Waals surface area contributed by atoms with Crippen LogP contribution in [0.15, 0.2) is 18.5 Å². The minimum Gasteiger partial charge on any atom is -0.481 e. The molecule has 1 heterocycles. The fourth-order valence-corrected chi connectivity index (χ4v) is 1.90. The van der Waals surface area contributed by atoms with Gasteiger partial charge >= 0.3 is 5.97 Å². The van der Waals surface area contributed by atoms with Crippen molar-refractivity contribution in [3.63, 3.8) is 0 Å². The molecular formula is C10H12N2O3. The quantitative estimate of drug-likeness (QED) is 0.790. The fraction of sp³-hybridized carbons (Fsp3) is 0.500. The van der Waals surface area contributed by atoms with Gasteiger partial charge in [-0.05, 0) is 12.5 Å². The minimum atomic E-state index is -0.866. The van der Waals surface area contributed by atoms with Crippen LogP contribution in [0.25, 0.3) is 0 Å². The van der Waals surface area contributed by atoms with Crippen molar-refractivity contribution in [1.29, 1.82) is 0 Å². The largest absolute Gasteiger partial charge is 0.481 e. The molecule has 80 valence electrons. The number of aliphatic carboxylic acids is 1. The molecule has 0 aliphatic heterocycles. The average Bonchev–Trinajstić information content (AvgIpc) is 2.62. The third-order valence-electron chi connectivity index (χ3n) is 2.90. The minimum absolute atomic E-state index is 0.0397. The molecule has 0 aromatic carbocycles. The fourth-order valence-electron chi connectivity index (χ4n) is 1.90. The number of aromatic nitrogens is 2. The summed E-state index contributed by atoms with van der Waals surface area (Å²) in [6.45, 7) is 0.548. The van der Waals surface area contributed by atoms with Crippen molar-refractivity contribution in [3.8, 4) is 0 Å². The van der Waals surface area contributed by atoms with Gasteiger partial charge < -0.3 is 5.11 Å². The number of nitrogens with zero attached hydrogens (tertiary/aromatic N) is 2. The van der Waals surface area contributed by atoms with E-state index >= 15 is 0 Å². The summed E-state index contributed by atoms with van der Waals surface area (Å²) in [7, 11) is 0. The predicted molar refractivity (Wildman–Crippen MR) is 51.2 cm³/mol. The first-order valence-corrected chi connectivity index (χ1v) is 4.85. The zero-order valence-corrected chi connectivity index (χ0v) is 8.22. The molecule has 0 radical (unpaired) electrons. The van der Waals surface area contributed by atoms with E-state index in [-0.39, 0.29) is 18.6 Å². The van der Waals surface area contributed by atoms with Crippen LogP contribution in [-0.2, 0) is 16.1 Å². The predicted octanol–water partition coefficient (Wildman–Crippen LogP) is 0.707. The standard InChI is InChI=1S/C10H12N2O3/c13-8-6-10(7-8,9(14)15)2-5-12-4-1-3-11-12/h1,3-4H,2,5-7H2,(H,14,15). The smallest absolute Gasteiger partial charge is 0.310 e. The van der Waals surface area contributed by atoms with Gasteiger partial charge in [-0.15, -0.1) is 0 Å². The molecule has 15 heavy (non-hydrogen) atoms. The highest BCUT2D eigenvalue weighted by Gasteiger charge is 2.49. The maximum absolute atomic E-state index is 11.0. The zero-order chi connectivity index (χ0) is 10.9. The van der Waals surface area contributed by atoms with Crippen molar-refractivity contribution < 1.29 is 14.7 Å². The Bertz CT molecular complexity index is 375. The lowest BCUT2D eigenvalue weighted by Crippen LogP contribution is -2.45. The molecule has 0 saturated heterocycles. The Morgan fingerprint density at radius 2 is 2.33 bits per heavy atom. The molecule has 0 unspecified atom stereocenters. The first-order chi connectivity index (χ1) is 7.12. The van der Waals surface area contributed by atoms with Crippen molar-refractivity contribution >= 4 is 11.8 Å². The molecule has 1 aliphatic carbocycles. The molecule has 2 rings (SSSR count). The summed E-state index contributed by atoms with van der Waals surface area (Å²) >= 11 is 0. The summed E-state index contributed by atoms with van der Waals surface area (Å²) in [6.07, 6.45) is 4.25. The van der Waals surface area contributed by atoms with E-state index in [4.69, 9.17) is 5.11 Å². The lowest BCUT2D eigenvalue weighted by Gasteiger charge is -2.36. The molecule has 5 nitrogen and oxygen atoms in total. The number of hydrogen-bond donors (Lipinski definition) is 1. The summed E-state index contributed by atoms with van der Waals surface area (Å²) in [6, 6.07) is 1.79. The Labute approximate surface area is 86.7 Å². The molecule has 0 bridgehead atoms. The van der Waals surface area contributed by atoms with Crippen LogP contribution in [0.4, 0.5) is 0 Å². The van der Waals surface area contributed by atoms with Crippen molar-refractivity contribution in [2.24, 2.45) is 5.41 Å². The normalized spacial score (nSPS) is 18.5. The number of ketones is 1. The van der Waals surface area contributed by atoms with E-state index in [2.05, 4.69) is 5.10 Å². The van der Waals surface area contributed by atoms with Gasteiger partial charge in [-0.25, -0.2) is 0 Å². The van der Waals surface area contributed by atoms with Crippen molar-refractivity contribution in [2.45, 2.75) is 25.8 Å². The molecule has 0 amide bonds. The second kappa shape index (κ2) is 3.49. The number of hydrogen-bond acceptors (Lipinski definition) is 3. The lowest BCUT2D eigenvalue weighted by molar-refractivity contribution is -0.161. The number of rotatable bonds is 4. The van der Waals surface area contributed by atoms with Gasteiger partial charge in [-0.1, -0.05) is 0 Å². The van der Waals surface area contributed by atoms with Crippen LogP contribution in [0.1, 0.15) is 19.3 Å². The van der Waals surface area contributed by atoms with Gasteiger partial charge in [0.05, 0.1) is 5.41 Å². The number of aryl methyl sites for hydroxylation is 1. The summed E-state index contributed by atoms with van der Waals surface area (Å²) in [4.78, 5) is 21.9. The van der Waals surface area contributed by atoms with E-state index in [9.17, 15) is 9.59 Å². The molecule has 1 fully saturated rings. The van der Waals surface area contributed by atoms with Crippen LogP contribution in [0, 0.1) is 5.41 Å². The number of Topliss-reactive ketones (excluding diaryl/α,β-unsaturated/α-hetero) is 1. The van der Waals surface area contributed by atoms with Crippen LogP contribution in [-0.4, -0.2) is 26.6 Å². The van der Waals surface area contributed by atoms with Gasteiger partial charge in [0.25, 0.3) is 0 Å². The van der Waals surface area contributed by atoms with Crippen molar-refractivity contribution in [3.05, 3.63) is 18.5 Å². The Morgan fingerprint density at radius 3 is 2.80 bits per heavy atom. The summed E-state index contributed by atoms with van der Waals surface area (Å²) < 4.78 is 1.69. The third-order valence-corrected chi connectivity index (χ3v) is 2.90. The highest BCUT2D eigenvalue weighted by atomic mass is 16.4. The van der Waals surface area contributed by atoms with Gasteiger partial charge in [-0.3, -0.25) is 14.3 Å². The van der Waals surface area contributed by atoms with E-state index in [0.717, 1.165) is 0 Å². The molecular weight excluding hydrogens is 196 g/mol. The van der Waals surface area contributed by atoms with Crippen LogP contribution in [0.5, 0.6) is 0 Å². The van der Waals surface area contributed by atoms with E-state index < -0.39 is 11.4 Å².